The first-order valence-electron chi connectivity index (χ1n) is 30.9. The number of nitrogens with two attached hydrogens (primary N) is 1. The van der Waals surface area contributed by atoms with Crippen molar-refractivity contribution in [1.82, 2.24) is 66.2 Å². The molecule has 0 bridgehead atoms. The molecule has 504 valence electrons. The van der Waals surface area contributed by atoms with E-state index in [4.69, 9.17) is 10.5 Å². The number of benzene rings is 3. The van der Waals surface area contributed by atoms with Crippen molar-refractivity contribution in [2.75, 3.05) is 144 Å². The van der Waals surface area contributed by atoms with Crippen molar-refractivity contribution < 1.29 is 77.1 Å². The fourth-order valence-corrected chi connectivity index (χ4v) is 10.8. The summed E-state index contributed by atoms with van der Waals surface area (Å²) in [4.78, 5) is 130. The predicted molar refractivity (Wildman–Crippen MR) is 332 cm³/mol. The number of aliphatic carboxylic acids is 3. The Kier molecular flexibility index (Phi) is 29.6. The van der Waals surface area contributed by atoms with E-state index < -0.39 is 77.3 Å². The van der Waals surface area contributed by atoms with E-state index >= 15 is 0 Å². The number of halogens is 2. The monoisotopic (exact) mass is 1290 g/mol. The zero-order valence-electron chi connectivity index (χ0n) is 51.9. The minimum Gasteiger partial charge on any atom is -0.508 e. The molecule has 2 atom stereocenters. The first-order valence-corrected chi connectivity index (χ1v) is 30.9. The third-order valence-electron chi connectivity index (χ3n) is 15.8. The van der Waals surface area contributed by atoms with Crippen molar-refractivity contribution in [3.8, 4) is 11.5 Å². The highest BCUT2D eigenvalue weighted by Crippen LogP contribution is 2.33. The summed E-state index contributed by atoms with van der Waals surface area (Å²) in [7, 11) is 0. The predicted octanol–water partition coefficient (Wildman–Crippen LogP) is -0.656. The van der Waals surface area contributed by atoms with Crippen molar-refractivity contribution >= 4 is 59.4 Å². The van der Waals surface area contributed by atoms with E-state index in [0.717, 1.165) is 23.3 Å². The van der Waals surface area contributed by atoms with E-state index in [1.54, 1.807) is 50.8 Å². The lowest BCUT2D eigenvalue weighted by molar-refractivity contribution is -0.140. The van der Waals surface area contributed by atoms with Gasteiger partial charge in [0.15, 0.2) is 5.96 Å². The number of aliphatic imine (C=N–C) groups is 1. The average molecular weight is 1290 g/mol. The third kappa shape index (κ3) is 25.2. The van der Waals surface area contributed by atoms with Gasteiger partial charge in [0.1, 0.15) is 35.2 Å². The number of nitrogens with zero attached hydrogens (tertiary/aromatic N) is 8. The molecule has 0 unspecified atom stereocenters. The summed E-state index contributed by atoms with van der Waals surface area (Å²) in [6, 6.07) is 13.4. The van der Waals surface area contributed by atoms with Crippen LogP contribution in [-0.4, -0.2) is 264 Å². The van der Waals surface area contributed by atoms with E-state index in [-0.39, 0.29) is 148 Å². The largest absolute Gasteiger partial charge is 0.508 e. The maximum absolute atomic E-state index is 14.8. The number of rotatable bonds is 31. The minimum absolute atomic E-state index is 0.00308. The summed E-state index contributed by atoms with van der Waals surface area (Å²) in [6.45, 7) is 6.91. The van der Waals surface area contributed by atoms with Crippen molar-refractivity contribution in [2.45, 2.75) is 70.7 Å². The van der Waals surface area contributed by atoms with Crippen LogP contribution in [-0.2, 0) is 58.0 Å². The van der Waals surface area contributed by atoms with Gasteiger partial charge in [-0.2, -0.15) is 4.99 Å². The van der Waals surface area contributed by atoms with Gasteiger partial charge in [0.2, 0.25) is 29.5 Å². The number of piperazine rings is 1. The number of phenolic OH excluding ortho intramolecular Hbond substituents is 1. The second kappa shape index (κ2) is 37.6. The van der Waals surface area contributed by atoms with E-state index in [9.17, 15) is 72.4 Å². The maximum atomic E-state index is 14.8. The number of carboxylic acids is 3. The van der Waals surface area contributed by atoms with Crippen LogP contribution in [0.1, 0.15) is 67.3 Å². The maximum Gasteiger partial charge on any atom is 0.344 e. The standard InChI is InChI=1S/C61H87F2N15O14/c1-2-51(80)66-17-18-68-61(91)71-60(64)67-15-5-9-50(58(89)69-35-47-48(62)33-45(79)34-49(47)63)70-59(90)57(78-36-43-7-3-4-8-44(43)37-78)42-10-12-46(13-11-42)92-32-6-19-72-28-30-77(31-29-72)53(82)14-16-65-52(81)38-73-20-22-74(39-54(83)84)24-26-76(41-56(87)88)27-25-75(23-21-73)40-55(85)86/h3-4,7-8,10-13,33-34,50,57,79H,2,5-6,9,14-32,35-41H2,1H3,(H,65,81)(H,66,80)(H,69,89)(H,70,90)(H,83,84)(H,85,86)(H,87,88)(H4,64,67,68,71,91)/t50-,57+/m1/s1. The molecule has 3 aliphatic rings. The number of hydrogen-bond donors (Lipinski definition) is 11. The van der Waals surface area contributed by atoms with E-state index in [2.05, 4.69) is 41.8 Å². The molecule has 3 heterocycles. The molecule has 31 heteroatoms. The van der Waals surface area contributed by atoms with Gasteiger partial charge in [-0.1, -0.05) is 43.3 Å². The third-order valence-corrected chi connectivity index (χ3v) is 15.8. The molecule has 6 rings (SSSR count). The second-order valence-corrected chi connectivity index (χ2v) is 22.6. The molecule has 12 N–H and O–H groups in total. The summed E-state index contributed by atoms with van der Waals surface area (Å²) in [5.74, 6) is -7.54. The molecule has 3 aromatic carbocycles. The number of carboxylic acid groups (broad SMARTS) is 3. The number of carbonyl (C=O) groups excluding carboxylic acids is 6. The lowest BCUT2D eigenvalue weighted by Crippen LogP contribution is -2.50. The Labute approximate surface area is 532 Å². The van der Waals surface area contributed by atoms with E-state index in [1.807, 2.05) is 34.1 Å². The molecule has 92 heavy (non-hydrogen) atoms. The number of urea groups is 1. The highest BCUT2D eigenvalue weighted by atomic mass is 19.1. The summed E-state index contributed by atoms with van der Waals surface area (Å²) in [5.41, 5.74) is 8.07. The summed E-state index contributed by atoms with van der Waals surface area (Å²) >= 11 is 0. The van der Waals surface area contributed by atoms with Crippen LogP contribution in [0.4, 0.5) is 13.6 Å². The second-order valence-electron chi connectivity index (χ2n) is 22.6. The average Bonchev–Trinajstić information content (AvgIpc) is 1.63. The molecule has 0 aromatic heterocycles. The van der Waals surface area contributed by atoms with Crippen LogP contribution < -0.4 is 42.4 Å². The number of phenols is 1. The lowest BCUT2D eigenvalue weighted by atomic mass is 10.0. The van der Waals surface area contributed by atoms with Gasteiger partial charge in [-0.3, -0.25) is 67.8 Å². The molecule has 2 saturated heterocycles. The molecular weight excluding hydrogens is 1200 g/mol. The highest BCUT2D eigenvalue weighted by Gasteiger charge is 2.35. The van der Waals surface area contributed by atoms with Crippen LogP contribution in [0.5, 0.6) is 11.5 Å². The minimum atomic E-state index is -1.24. The fourth-order valence-electron chi connectivity index (χ4n) is 10.8. The van der Waals surface area contributed by atoms with Gasteiger partial charge in [-0.05, 0) is 48.1 Å². The van der Waals surface area contributed by atoms with Gasteiger partial charge in [0.05, 0.1) is 32.8 Å². The summed E-state index contributed by atoms with van der Waals surface area (Å²) < 4.78 is 35.7. The SMILES string of the molecule is CCC(=O)NCCNC(=O)/N=C(/N)NCCC[C@@H](NC(=O)[C@H](c1ccc(OCCCN2CCN(C(=O)CCNC(=O)CN3CCN(CC(=O)O)CCN(CC(=O)O)CCN(CC(=O)O)CC3)CC2)cc1)N1Cc2ccccc2C1)C(=O)NCc1c(F)cc(O)cc1F. The number of guanidine groups is 1. The van der Waals surface area contributed by atoms with E-state index in [0.29, 0.717) is 76.6 Å². The molecule has 3 aliphatic heterocycles. The number of ether oxygens (including phenoxy) is 1. The van der Waals surface area contributed by atoms with Crippen molar-refractivity contribution in [1.29, 1.82) is 0 Å². The number of nitrogens with one attached hydrogen (secondary N) is 6. The van der Waals surface area contributed by atoms with Gasteiger partial charge in [-0.15, -0.1) is 0 Å². The Hall–Kier alpha value is -8.62. The Morgan fingerprint density at radius 3 is 1.67 bits per heavy atom. The molecule has 3 aromatic rings. The molecule has 7 amide bonds. The zero-order chi connectivity index (χ0) is 66.5. The Balaban J connectivity index is 0.979. The number of hydrogen-bond acceptors (Lipinski definition) is 17. The fraction of sp³-hybridized carbons (Fsp3) is 0.541. The number of carbonyl (C=O) groups is 9. The van der Waals surface area contributed by atoms with Gasteiger partial charge in [0, 0.05) is 161 Å². The normalized spacial score (nSPS) is 16.6. The van der Waals surface area contributed by atoms with Gasteiger partial charge < -0.3 is 67.7 Å². The number of fused-ring (bicyclic) bond motifs is 1. The lowest BCUT2D eigenvalue weighted by Gasteiger charge is -2.34. The van der Waals surface area contributed by atoms with Crippen LogP contribution in [0.15, 0.2) is 65.7 Å². The summed E-state index contributed by atoms with van der Waals surface area (Å²) in [5, 5.41) is 54.3. The Morgan fingerprint density at radius 1 is 0.609 bits per heavy atom. The van der Waals surface area contributed by atoms with Gasteiger partial charge in [-0.25, -0.2) is 13.6 Å². The number of aromatic hydroxyl groups is 1. The molecule has 0 spiro atoms. The topological polar surface area (TPSA) is 377 Å². The van der Waals surface area contributed by atoms with Crippen LogP contribution in [0, 0.1) is 11.6 Å². The molecule has 2 fully saturated rings. The van der Waals surface area contributed by atoms with Crippen LogP contribution >= 0.6 is 0 Å². The smallest absolute Gasteiger partial charge is 0.344 e. The first-order chi connectivity index (χ1) is 44.1. The molecule has 0 saturated carbocycles. The highest BCUT2D eigenvalue weighted by molar-refractivity contribution is 5.92. The summed E-state index contributed by atoms with van der Waals surface area (Å²) in [6.07, 6.45) is 1.23. The Morgan fingerprint density at radius 2 is 1.13 bits per heavy atom. The quantitative estimate of drug-likeness (QED) is 0.0216. The van der Waals surface area contributed by atoms with Crippen LogP contribution in [0.2, 0.25) is 0 Å². The van der Waals surface area contributed by atoms with E-state index in [1.165, 1.54) is 0 Å². The van der Waals surface area contributed by atoms with Crippen molar-refractivity contribution in [3.05, 3.63) is 94.6 Å². The van der Waals surface area contributed by atoms with Crippen molar-refractivity contribution in [2.24, 2.45) is 10.7 Å². The van der Waals surface area contributed by atoms with Crippen LogP contribution in [0.25, 0.3) is 0 Å². The van der Waals surface area contributed by atoms with Crippen molar-refractivity contribution in [3.63, 3.8) is 0 Å². The molecule has 0 radical (unpaired) electrons. The number of amides is 7. The Bertz CT molecular complexity index is 2930. The molecule has 29 nitrogen and oxygen atoms in total. The first kappa shape index (κ1) is 72.4. The molecular formula is C61H87F2N15O14. The molecule has 0 aliphatic carbocycles. The van der Waals surface area contributed by atoms with Crippen LogP contribution in [0.3, 0.4) is 0 Å². The van der Waals surface area contributed by atoms with Gasteiger partial charge in [0.25, 0.3) is 0 Å². The zero-order valence-corrected chi connectivity index (χ0v) is 51.9. The van der Waals surface area contributed by atoms with Gasteiger partial charge >= 0.3 is 23.9 Å².